The van der Waals surface area contributed by atoms with Crippen molar-refractivity contribution in [3.8, 4) is 0 Å². The summed E-state index contributed by atoms with van der Waals surface area (Å²) in [6, 6.07) is 16.3. The zero-order chi connectivity index (χ0) is 20.3. The van der Waals surface area contributed by atoms with Crippen LogP contribution in [0, 0.1) is 0 Å². The Balaban J connectivity index is 1.72. The molecule has 0 unspecified atom stereocenters. The zero-order valence-electron chi connectivity index (χ0n) is 16.5. The van der Waals surface area contributed by atoms with Crippen LogP contribution >= 0.6 is 0 Å². The van der Waals surface area contributed by atoms with Gasteiger partial charge in [0.05, 0.1) is 4.90 Å². The van der Waals surface area contributed by atoms with E-state index in [1.54, 1.807) is 24.1 Å². The van der Waals surface area contributed by atoms with Crippen molar-refractivity contribution >= 4 is 21.5 Å². The lowest BCUT2D eigenvalue weighted by Crippen LogP contribution is -2.35. The van der Waals surface area contributed by atoms with Crippen molar-refractivity contribution < 1.29 is 13.2 Å². The first-order valence-electron chi connectivity index (χ1n) is 9.42. The molecule has 1 heterocycles. The maximum atomic E-state index is 12.8. The van der Waals surface area contributed by atoms with Gasteiger partial charge in [0.1, 0.15) is 0 Å². The van der Waals surface area contributed by atoms with E-state index in [2.05, 4.69) is 18.2 Å². The number of carbonyl (C=O) groups is 1. The van der Waals surface area contributed by atoms with Gasteiger partial charge < -0.3 is 4.90 Å². The molecule has 0 N–H and O–H groups in total. The van der Waals surface area contributed by atoms with Crippen molar-refractivity contribution in [2.24, 2.45) is 0 Å². The lowest BCUT2D eigenvalue weighted by atomic mass is 9.99. The van der Waals surface area contributed by atoms with Gasteiger partial charge in [0.15, 0.2) is 0 Å². The largest absolute Gasteiger partial charge is 0.335 e. The second-order valence-corrected chi connectivity index (χ2v) is 9.23. The lowest BCUT2D eigenvalue weighted by Gasteiger charge is -2.27. The molecule has 6 heteroatoms. The van der Waals surface area contributed by atoms with E-state index in [0.29, 0.717) is 18.7 Å². The van der Waals surface area contributed by atoms with Gasteiger partial charge in [-0.1, -0.05) is 36.4 Å². The van der Waals surface area contributed by atoms with Crippen LogP contribution in [-0.2, 0) is 10.0 Å². The van der Waals surface area contributed by atoms with Gasteiger partial charge in [-0.2, -0.15) is 4.31 Å². The minimum absolute atomic E-state index is 0.0791. The molecule has 0 aromatic heterocycles. The predicted molar refractivity (Wildman–Crippen MR) is 111 cm³/mol. The summed E-state index contributed by atoms with van der Waals surface area (Å²) in [5, 5.41) is 0. The molecule has 3 rings (SSSR count). The fourth-order valence-electron chi connectivity index (χ4n) is 3.16. The quantitative estimate of drug-likeness (QED) is 0.773. The van der Waals surface area contributed by atoms with Crippen LogP contribution in [0.4, 0.5) is 0 Å². The number of sulfonamides is 1. The van der Waals surface area contributed by atoms with Crippen molar-refractivity contribution in [2.75, 3.05) is 20.1 Å². The summed E-state index contributed by atoms with van der Waals surface area (Å²) in [6.07, 6.45) is 2.90. The van der Waals surface area contributed by atoms with Gasteiger partial charge in [-0.15, -0.1) is 0 Å². The van der Waals surface area contributed by atoms with Crippen LogP contribution in [-0.4, -0.2) is 49.7 Å². The van der Waals surface area contributed by atoms with Gasteiger partial charge in [0.25, 0.3) is 5.91 Å². The molecule has 5 nitrogen and oxygen atoms in total. The van der Waals surface area contributed by atoms with E-state index >= 15 is 0 Å². The highest BCUT2D eigenvalue weighted by Gasteiger charge is 2.24. The summed E-state index contributed by atoms with van der Waals surface area (Å²) >= 11 is 0. The van der Waals surface area contributed by atoms with Crippen molar-refractivity contribution in [3.63, 3.8) is 0 Å². The van der Waals surface area contributed by atoms with Gasteiger partial charge in [0.2, 0.25) is 10.0 Å². The van der Waals surface area contributed by atoms with E-state index in [4.69, 9.17) is 0 Å². The van der Waals surface area contributed by atoms with Gasteiger partial charge in [-0.3, -0.25) is 4.79 Å². The zero-order valence-corrected chi connectivity index (χ0v) is 17.3. The Morgan fingerprint density at radius 2 is 1.68 bits per heavy atom. The van der Waals surface area contributed by atoms with Crippen LogP contribution in [0.1, 0.15) is 36.2 Å². The summed E-state index contributed by atoms with van der Waals surface area (Å²) < 4.78 is 26.4. The molecule has 28 heavy (non-hydrogen) atoms. The topological polar surface area (TPSA) is 57.7 Å². The molecule has 0 aliphatic carbocycles. The van der Waals surface area contributed by atoms with Gasteiger partial charge in [0, 0.05) is 31.7 Å². The third-order valence-corrected chi connectivity index (χ3v) is 7.19. The highest BCUT2D eigenvalue weighted by atomic mass is 32.2. The molecular weight excluding hydrogens is 372 g/mol. The molecule has 1 amide bonds. The first-order valence-corrected chi connectivity index (χ1v) is 10.9. The van der Waals surface area contributed by atoms with Gasteiger partial charge in [-0.25, -0.2) is 8.42 Å². The second-order valence-electron chi connectivity index (χ2n) is 7.24. The van der Waals surface area contributed by atoms with E-state index in [1.165, 1.54) is 27.6 Å². The van der Waals surface area contributed by atoms with Crippen molar-refractivity contribution in [2.45, 2.75) is 31.2 Å². The normalized spacial score (nSPS) is 15.0. The third kappa shape index (κ3) is 4.18. The summed E-state index contributed by atoms with van der Waals surface area (Å²) in [5.74, 6) is -0.0791. The average molecular weight is 399 g/mol. The lowest BCUT2D eigenvalue weighted by molar-refractivity contribution is 0.0772. The number of rotatable bonds is 5. The molecule has 0 atom stereocenters. The Bertz CT molecular complexity index is 965. The summed E-state index contributed by atoms with van der Waals surface area (Å²) in [5.41, 5.74) is 2.95. The number of amides is 1. The van der Waals surface area contributed by atoms with E-state index in [-0.39, 0.29) is 16.8 Å². The van der Waals surface area contributed by atoms with Crippen LogP contribution in [0.5, 0.6) is 0 Å². The Labute approximate surface area is 167 Å². The highest BCUT2D eigenvalue weighted by Crippen LogP contribution is 2.23. The average Bonchev–Trinajstić information content (AvgIpc) is 2.73. The molecular formula is C22H26N2O3S. The molecule has 2 aromatic rings. The highest BCUT2D eigenvalue weighted by molar-refractivity contribution is 7.89. The number of nitrogens with zero attached hydrogens (tertiary/aromatic N) is 2. The molecule has 148 valence electrons. The van der Waals surface area contributed by atoms with Crippen molar-refractivity contribution in [1.82, 2.24) is 9.21 Å². The minimum atomic E-state index is -3.54. The van der Waals surface area contributed by atoms with E-state index < -0.39 is 10.0 Å². The monoisotopic (exact) mass is 398 g/mol. The minimum Gasteiger partial charge on any atom is -0.335 e. The first kappa shape index (κ1) is 20.3. The SMILES string of the molecule is CC(C)N(C)S(=O)(=O)c1ccc(C(=O)N2CC=C(c3ccccc3)CC2)cc1. The molecule has 0 radical (unpaired) electrons. The third-order valence-electron chi connectivity index (χ3n) is 5.15. The maximum absolute atomic E-state index is 12.8. The number of hydrogen-bond donors (Lipinski definition) is 0. The maximum Gasteiger partial charge on any atom is 0.254 e. The van der Waals surface area contributed by atoms with E-state index in [0.717, 1.165) is 6.42 Å². The van der Waals surface area contributed by atoms with Gasteiger partial charge in [-0.05, 0) is 55.7 Å². The smallest absolute Gasteiger partial charge is 0.254 e. The number of carbonyl (C=O) groups excluding carboxylic acids is 1. The number of benzene rings is 2. The summed E-state index contributed by atoms with van der Waals surface area (Å²) in [6.45, 7) is 4.85. The summed E-state index contributed by atoms with van der Waals surface area (Å²) in [4.78, 5) is 14.8. The fourth-order valence-corrected chi connectivity index (χ4v) is 4.53. The van der Waals surface area contributed by atoms with E-state index in [1.807, 2.05) is 32.0 Å². The van der Waals surface area contributed by atoms with Crippen LogP contribution in [0.3, 0.4) is 0 Å². The van der Waals surface area contributed by atoms with Crippen LogP contribution in [0.2, 0.25) is 0 Å². The molecule has 0 spiro atoms. The fraction of sp³-hybridized carbons (Fsp3) is 0.318. The first-order chi connectivity index (χ1) is 13.3. The van der Waals surface area contributed by atoms with Crippen LogP contribution in [0.15, 0.2) is 65.6 Å². The Kier molecular flexibility index (Phi) is 6.01. The predicted octanol–water partition coefficient (Wildman–Crippen LogP) is 3.65. The van der Waals surface area contributed by atoms with Crippen LogP contribution in [0.25, 0.3) is 5.57 Å². The molecule has 0 saturated heterocycles. The Morgan fingerprint density at radius 1 is 1.04 bits per heavy atom. The standard InChI is InChI=1S/C22H26N2O3S/c1-17(2)23(3)28(26,27)21-11-9-20(10-12-21)22(25)24-15-13-19(14-16-24)18-7-5-4-6-8-18/h4-13,17H,14-16H2,1-3H3. The van der Waals surface area contributed by atoms with E-state index in [9.17, 15) is 13.2 Å². The Hall–Kier alpha value is -2.44. The summed E-state index contributed by atoms with van der Waals surface area (Å²) in [7, 11) is -1.99. The van der Waals surface area contributed by atoms with Crippen molar-refractivity contribution in [3.05, 3.63) is 71.8 Å². The second kappa shape index (κ2) is 8.29. The molecule has 2 aromatic carbocycles. The van der Waals surface area contributed by atoms with Crippen LogP contribution < -0.4 is 0 Å². The molecule has 1 aliphatic rings. The van der Waals surface area contributed by atoms with Crippen molar-refractivity contribution in [1.29, 1.82) is 0 Å². The molecule has 1 aliphatic heterocycles. The van der Waals surface area contributed by atoms with Gasteiger partial charge >= 0.3 is 0 Å². The Morgan fingerprint density at radius 3 is 2.21 bits per heavy atom. The molecule has 0 saturated carbocycles. The molecule has 0 bridgehead atoms. The molecule has 0 fully saturated rings. The number of hydrogen-bond acceptors (Lipinski definition) is 3.